The van der Waals surface area contributed by atoms with Gasteiger partial charge in [0, 0.05) is 34.9 Å². The van der Waals surface area contributed by atoms with E-state index >= 15 is 0 Å². The van der Waals surface area contributed by atoms with Gasteiger partial charge in [-0.05, 0) is 58.4 Å². The molecule has 0 fully saturated rings. The molecule has 1 atom stereocenters. The van der Waals surface area contributed by atoms with Gasteiger partial charge in [0.05, 0.1) is 25.9 Å². The molecule has 56 heavy (non-hydrogen) atoms. The van der Waals surface area contributed by atoms with Crippen molar-refractivity contribution in [3.05, 3.63) is 132 Å². The van der Waals surface area contributed by atoms with Crippen LogP contribution in [0.15, 0.2) is 130 Å². The number of rotatable bonds is 5. The summed E-state index contributed by atoms with van der Waals surface area (Å²) in [5, 5.41) is 67.7. The van der Waals surface area contributed by atoms with Crippen LogP contribution >= 0.6 is 11.3 Å². The maximum atomic E-state index is 11.4. The summed E-state index contributed by atoms with van der Waals surface area (Å²) in [5.41, 5.74) is 5.95. The van der Waals surface area contributed by atoms with Crippen molar-refractivity contribution >= 4 is 83.9 Å². The van der Waals surface area contributed by atoms with E-state index in [0.717, 1.165) is 49.9 Å². The number of phenolic OH excluding ortho intramolecular Hbond substituents is 6. The number of benzene rings is 6. The van der Waals surface area contributed by atoms with Gasteiger partial charge in [0.2, 0.25) is 5.75 Å². The van der Waals surface area contributed by atoms with Crippen LogP contribution in [0.3, 0.4) is 0 Å². The second-order valence-electron chi connectivity index (χ2n) is 13.6. The highest BCUT2D eigenvalue weighted by Crippen LogP contribution is 2.57. The second kappa shape index (κ2) is 13.4. The van der Waals surface area contributed by atoms with Gasteiger partial charge in [-0.2, -0.15) is 0 Å². The molecule has 0 saturated heterocycles. The maximum absolute atomic E-state index is 11.4. The summed E-state index contributed by atoms with van der Waals surface area (Å²) in [6.07, 6.45) is 6.16. The number of para-hydroxylation sites is 1. The van der Waals surface area contributed by atoms with Gasteiger partial charge in [-0.3, -0.25) is 4.99 Å². The van der Waals surface area contributed by atoms with Crippen LogP contribution in [0.5, 0.6) is 34.5 Å². The number of allylic oxidation sites excluding steroid dienone is 4. The van der Waals surface area contributed by atoms with Crippen molar-refractivity contribution in [2.75, 3.05) is 7.05 Å². The molecule has 6 N–H and O–H groups in total. The summed E-state index contributed by atoms with van der Waals surface area (Å²) in [6.45, 7) is 0. The summed E-state index contributed by atoms with van der Waals surface area (Å²) in [5.74, 6) is -4.05. The van der Waals surface area contributed by atoms with Gasteiger partial charge in [0.1, 0.15) is 24.8 Å². The lowest BCUT2D eigenvalue weighted by Gasteiger charge is -2.22. The summed E-state index contributed by atoms with van der Waals surface area (Å²) < 4.78 is 6.49. The van der Waals surface area contributed by atoms with Crippen LogP contribution in [0.1, 0.15) is 23.1 Å². The molecule has 0 aliphatic heterocycles. The number of thiophene rings is 1. The lowest BCUT2D eigenvalue weighted by Crippen LogP contribution is -2.18. The van der Waals surface area contributed by atoms with Crippen molar-refractivity contribution in [1.29, 1.82) is 0 Å². The van der Waals surface area contributed by atoms with E-state index in [1.807, 2.05) is 103 Å². The van der Waals surface area contributed by atoms with Crippen LogP contribution in [-0.2, 0) is 0 Å². The number of fused-ring (bicyclic) bond motifs is 6. The molecule has 2 heterocycles. The van der Waals surface area contributed by atoms with E-state index in [4.69, 9.17) is 17.3 Å². The molecule has 2 radical (unpaired) electrons. The van der Waals surface area contributed by atoms with E-state index in [2.05, 4.69) is 11.1 Å². The number of nitrogens with zero attached hydrogens (tertiary/aromatic N) is 2. The van der Waals surface area contributed by atoms with Crippen LogP contribution in [0.4, 0.5) is 0 Å². The zero-order chi connectivity index (χ0) is 38.8. The van der Waals surface area contributed by atoms with Crippen LogP contribution in [0.25, 0.3) is 58.8 Å². The largest absolute Gasteiger partial charge is 0.507 e. The highest BCUT2D eigenvalue weighted by molar-refractivity contribution is 7.26. The molecule has 0 spiro atoms. The Morgan fingerprint density at radius 3 is 2.20 bits per heavy atom. The Bertz CT molecular complexity index is 3050. The molecule has 0 bridgehead atoms. The van der Waals surface area contributed by atoms with Gasteiger partial charge in [-0.25, -0.2) is 4.99 Å². The van der Waals surface area contributed by atoms with Crippen molar-refractivity contribution in [3.8, 4) is 45.6 Å². The van der Waals surface area contributed by atoms with E-state index in [9.17, 15) is 30.6 Å². The lowest BCUT2D eigenvalue weighted by atomic mass is 9.85. The first-order chi connectivity index (χ1) is 27.1. The smallest absolute Gasteiger partial charge is 0.201 e. The van der Waals surface area contributed by atoms with E-state index in [0.29, 0.717) is 29.1 Å². The molecular formula is C45H31BN2O7S. The minimum absolute atomic E-state index is 0.0523. The van der Waals surface area contributed by atoms with Crippen molar-refractivity contribution < 1.29 is 35.1 Å². The Morgan fingerprint density at radius 2 is 1.39 bits per heavy atom. The number of hydrogen-bond donors (Lipinski definition) is 6. The average molecular weight is 755 g/mol. The van der Waals surface area contributed by atoms with E-state index < -0.39 is 45.9 Å². The van der Waals surface area contributed by atoms with Crippen LogP contribution in [0, 0.1) is 5.92 Å². The summed E-state index contributed by atoms with van der Waals surface area (Å²) in [4.78, 5) is 9.91. The average Bonchev–Trinajstić information content (AvgIpc) is 3.81. The van der Waals surface area contributed by atoms with E-state index in [1.165, 1.54) is 0 Å². The summed E-state index contributed by atoms with van der Waals surface area (Å²) in [6, 6.07) is 31.9. The van der Waals surface area contributed by atoms with Gasteiger partial charge in [0.15, 0.2) is 28.8 Å². The normalized spacial score (nSPS) is 15.0. The van der Waals surface area contributed by atoms with Crippen LogP contribution in [-0.4, -0.2) is 57.1 Å². The topological polar surface area (TPSA) is 159 Å². The monoisotopic (exact) mass is 754 g/mol. The van der Waals surface area contributed by atoms with Gasteiger partial charge in [-0.1, -0.05) is 91.0 Å². The molecule has 9 nitrogen and oxygen atoms in total. The predicted molar refractivity (Wildman–Crippen MR) is 225 cm³/mol. The third-order valence-corrected chi connectivity index (χ3v) is 11.5. The Labute approximate surface area is 324 Å². The van der Waals surface area contributed by atoms with Gasteiger partial charge in [-0.15, -0.1) is 11.3 Å². The molecule has 6 aromatic carbocycles. The van der Waals surface area contributed by atoms with Gasteiger partial charge in [0.25, 0.3) is 0 Å². The van der Waals surface area contributed by atoms with Crippen molar-refractivity contribution in [1.82, 2.24) is 0 Å². The number of aliphatic imine (C=N–C) groups is 2. The Balaban J connectivity index is 1.24. The van der Waals surface area contributed by atoms with E-state index in [1.54, 1.807) is 13.1 Å². The fourth-order valence-corrected chi connectivity index (χ4v) is 8.87. The SMILES string of the molecule is [B]c1c(O)c(O)c2c(sc3c(C4=CC(C(=NC(=NC)c5ccc6c(c5)oc5ccccc56)c5cccc(-c6ccccc6)c5)CC=C4)c(O)c(O)c(O)c32)c1O. The number of amidine groups is 1. The maximum Gasteiger partial charge on any atom is 0.201 e. The zero-order valence-electron chi connectivity index (χ0n) is 29.7. The summed E-state index contributed by atoms with van der Waals surface area (Å²) in [7, 11) is 7.56. The summed E-state index contributed by atoms with van der Waals surface area (Å²) >= 11 is 0.937. The zero-order valence-corrected chi connectivity index (χ0v) is 30.5. The fourth-order valence-electron chi connectivity index (χ4n) is 7.54. The van der Waals surface area contributed by atoms with Crippen LogP contribution in [0.2, 0.25) is 0 Å². The molecule has 1 aliphatic carbocycles. The predicted octanol–water partition coefficient (Wildman–Crippen LogP) is 9.17. The fraction of sp³-hybridized carbons (Fsp3) is 0.0667. The number of phenols is 6. The van der Waals surface area contributed by atoms with Crippen molar-refractivity contribution in [3.63, 3.8) is 0 Å². The Morgan fingerprint density at radius 1 is 0.679 bits per heavy atom. The number of aromatic hydroxyl groups is 6. The molecule has 1 aliphatic rings. The van der Waals surface area contributed by atoms with Gasteiger partial charge < -0.3 is 35.1 Å². The second-order valence-corrected chi connectivity index (χ2v) is 14.6. The Kier molecular flexibility index (Phi) is 8.32. The number of furan rings is 1. The lowest BCUT2D eigenvalue weighted by molar-refractivity contribution is 0.371. The third kappa shape index (κ3) is 5.46. The molecule has 0 amide bonds. The van der Waals surface area contributed by atoms with Crippen molar-refractivity contribution in [2.45, 2.75) is 6.42 Å². The van der Waals surface area contributed by atoms with Crippen LogP contribution < -0.4 is 5.46 Å². The van der Waals surface area contributed by atoms with Gasteiger partial charge >= 0.3 is 0 Å². The molecule has 11 heteroatoms. The minimum atomic E-state index is -0.829. The molecular weight excluding hydrogens is 723 g/mol. The highest BCUT2D eigenvalue weighted by Gasteiger charge is 2.30. The number of hydrogen-bond acceptors (Lipinski definition) is 9. The molecule has 272 valence electrons. The molecule has 9 rings (SSSR count). The Hall–Kier alpha value is -6.98. The first-order valence-corrected chi connectivity index (χ1v) is 18.5. The first kappa shape index (κ1) is 34.8. The minimum Gasteiger partial charge on any atom is -0.507 e. The molecule has 0 saturated carbocycles. The molecule has 8 aromatic rings. The molecule has 2 aromatic heterocycles. The molecule has 1 unspecified atom stereocenters. The highest BCUT2D eigenvalue weighted by atomic mass is 32.1. The first-order valence-electron chi connectivity index (χ1n) is 17.7. The third-order valence-electron chi connectivity index (χ3n) is 10.3. The van der Waals surface area contributed by atoms with E-state index in [-0.39, 0.29) is 25.7 Å². The standard InChI is InChI=1S/C45H31BN2O7S/c1-47-45(27-17-18-29-28-15-5-6-16-30(28)55-31(29)21-27)48-36(25-13-7-11-23(19-25)22-9-3-2-4-10-22)26-14-8-12-24(20-26)32-37(49)42(54)39(51)33-34-38(50)40(52)35(46)41(53)44(34)56-43(32)33/h2-13,15-21,26,49-54H,14H2,1H3. The van der Waals surface area contributed by atoms with Crippen molar-refractivity contribution in [2.24, 2.45) is 15.9 Å². The quantitative estimate of drug-likeness (QED) is 0.0336.